The molecule has 0 aromatic carbocycles. The highest BCUT2D eigenvalue weighted by Gasteiger charge is 2.59. The van der Waals surface area contributed by atoms with Crippen molar-refractivity contribution in [3.8, 4) is 0 Å². The number of allylic oxidation sites excluding steroid dienone is 4. The predicted molar refractivity (Wildman–Crippen MR) is 172 cm³/mol. The molecule has 3 fully saturated rings. The summed E-state index contributed by atoms with van der Waals surface area (Å²) >= 11 is 0. The van der Waals surface area contributed by atoms with Crippen molar-refractivity contribution in [2.45, 2.75) is 145 Å². The summed E-state index contributed by atoms with van der Waals surface area (Å²) in [6, 6.07) is 0. The van der Waals surface area contributed by atoms with Crippen LogP contribution in [0.1, 0.15) is 139 Å². The molecule has 0 aromatic rings. The lowest BCUT2D eigenvalue weighted by molar-refractivity contribution is -0.0613. The van der Waals surface area contributed by atoms with E-state index in [0.717, 1.165) is 67.6 Å². The maximum atomic E-state index is 12.5. The molecule has 4 aliphatic rings. The van der Waals surface area contributed by atoms with E-state index in [2.05, 4.69) is 67.5 Å². The molecule has 0 amide bonds. The summed E-state index contributed by atoms with van der Waals surface area (Å²) < 4.78 is 11.3. The van der Waals surface area contributed by atoms with Gasteiger partial charge in [-0.1, -0.05) is 82.8 Å². The van der Waals surface area contributed by atoms with Crippen LogP contribution in [0.5, 0.6) is 0 Å². The van der Waals surface area contributed by atoms with Crippen LogP contribution in [-0.2, 0) is 9.47 Å². The molecule has 0 aliphatic heterocycles. The fourth-order valence-electron chi connectivity index (χ4n) is 9.87. The van der Waals surface area contributed by atoms with Crippen LogP contribution in [0.4, 0.5) is 4.79 Å². The first kappa shape index (κ1) is 32.4. The Hall–Kier alpha value is -1.51. The monoisotopic (exact) mass is 566 g/mol. The number of hydrogen-bond acceptors (Lipinski definition) is 3. The molecule has 0 radical (unpaired) electrons. The first-order valence-electron chi connectivity index (χ1n) is 17.3. The normalized spacial score (nSPS) is 35.6. The van der Waals surface area contributed by atoms with Crippen molar-refractivity contribution in [1.82, 2.24) is 0 Å². The summed E-state index contributed by atoms with van der Waals surface area (Å²) in [5.74, 6) is 5.11. The van der Waals surface area contributed by atoms with Gasteiger partial charge in [0.05, 0.1) is 0 Å². The van der Waals surface area contributed by atoms with Gasteiger partial charge in [-0.3, -0.25) is 0 Å². The second-order valence-corrected chi connectivity index (χ2v) is 15.7. The Morgan fingerprint density at radius 2 is 1.78 bits per heavy atom. The van der Waals surface area contributed by atoms with Gasteiger partial charge in [-0.05, 0) is 131 Å². The van der Waals surface area contributed by atoms with Crippen LogP contribution in [0.25, 0.3) is 0 Å². The average Bonchev–Trinajstić information content (AvgIpc) is 3.25. The highest BCUT2D eigenvalue weighted by molar-refractivity contribution is 5.60. The molecule has 0 N–H and O–H groups in total. The van der Waals surface area contributed by atoms with E-state index >= 15 is 0 Å². The van der Waals surface area contributed by atoms with Crippen LogP contribution in [-0.4, -0.2) is 18.9 Å². The average molecular weight is 567 g/mol. The fourth-order valence-corrected chi connectivity index (χ4v) is 9.87. The quantitative estimate of drug-likeness (QED) is 0.184. The van der Waals surface area contributed by atoms with Gasteiger partial charge in [0.25, 0.3) is 0 Å². The van der Waals surface area contributed by atoms with Crippen LogP contribution >= 0.6 is 0 Å². The van der Waals surface area contributed by atoms with E-state index in [9.17, 15) is 4.79 Å². The summed E-state index contributed by atoms with van der Waals surface area (Å²) in [5.41, 5.74) is 4.97. The molecule has 41 heavy (non-hydrogen) atoms. The van der Waals surface area contributed by atoms with Gasteiger partial charge in [-0.15, -0.1) is 0 Å². The first-order valence-corrected chi connectivity index (χ1v) is 17.3. The van der Waals surface area contributed by atoms with Crippen molar-refractivity contribution in [1.29, 1.82) is 0 Å². The Morgan fingerprint density at radius 1 is 1.00 bits per heavy atom. The molecule has 4 unspecified atom stereocenters. The molecule has 0 heterocycles. The number of hydrogen-bond donors (Lipinski definition) is 0. The number of fused-ring (bicyclic) bond motifs is 5. The van der Waals surface area contributed by atoms with E-state index in [1.807, 2.05) is 6.08 Å². The molecule has 3 saturated carbocycles. The van der Waals surface area contributed by atoms with E-state index in [1.54, 1.807) is 5.57 Å². The maximum Gasteiger partial charge on any atom is 0.508 e. The van der Waals surface area contributed by atoms with Gasteiger partial charge in [0, 0.05) is 6.42 Å². The molecule has 0 aromatic heterocycles. The Kier molecular flexibility index (Phi) is 10.9. The topological polar surface area (TPSA) is 35.5 Å². The molecule has 232 valence electrons. The van der Waals surface area contributed by atoms with E-state index in [-0.39, 0.29) is 11.5 Å². The molecular formula is C38H62O3. The van der Waals surface area contributed by atoms with Crippen LogP contribution in [0.2, 0.25) is 0 Å². The predicted octanol–water partition coefficient (Wildman–Crippen LogP) is 11.2. The second-order valence-electron chi connectivity index (χ2n) is 15.7. The maximum absolute atomic E-state index is 12.5. The lowest BCUT2D eigenvalue weighted by Gasteiger charge is -2.58. The lowest BCUT2D eigenvalue weighted by atomic mass is 9.47. The Labute approximate surface area is 253 Å². The lowest BCUT2D eigenvalue weighted by Crippen LogP contribution is -2.51. The first-order chi connectivity index (χ1) is 19.4. The third kappa shape index (κ3) is 7.53. The Morgan fingerprint density at radius 3 is 2.51 bits per heavy atom. The zero-order valence-electron chi connectivity index (χ0n) is 27.9. The zero-order chi connectivity index (χ0) is 29.8. The molecule has 4 aliphatic carbocycles. The van der Waals surface area contributed by atoms with Gasteiger partial charge in [0.1, 0.15) is 12.7 Å². The minimum absolute atomic E-state index is 0.0440. The van der Waals surface area contributed by atoms with E-state index in [0.29, 0.717) is 12.0 Å². The van der Waals surface area contributed by atoms with Gasteiger partial charge < -0.3 is 9.47 Å². The van der Waals surface area contributed by atoms with E-state index < -0.39 is 6.16 Å². The largest absolute Gasteiger partial charge is 0.508 e. The molecule has 3 nitrogen and oxygen atoms in total. The number of carbonyl (C=O) groups is 1. The summed E-state index contributed by atoms with van der Waals surface area (Å²) in [6.45, 7) is 19.2. The number of rotatable bonds is 11. The van der Waals surface area contributed by atoms with Crippen molar-refractivity contribution in [2.24, 2.45) is 46.3 Å². The minimum atomic E-state index is -0.505. The fraction of sp³-hybridized carbons (Fsp3) is 0.816. The summed E-state index contributed by atoms with van der Waals surface area (Å²) in [4.78, 5) is 12.5. The van der Waals surface area contributed by atoms with E-state index in [1.165, 1.54) is 62.5 Å². The molecule has 0 spiro atoms. The van der Waals surface area contributed by atoms with Crippen LogP contribution in [0.15, 0.2) is 34.9 Å². The standard InChI is InChI=1S/C38H62O3/c1-26(2)11-9-13-28(5)21-24-40-36(39)41-31-19-22-37(7)30(25-31)15-16-32-34-18-17-33(29(6)14-10-12-27(3)4)38(34,8)23-20-35(32)37/h11,15,21,27,29,31-35H,9-10,12-14,16-20,22-25H2,1-8H3/b28-21+/t29-,31?,32?,33-,34?,35?,37+,38-/m0/s1. The third-order valence-electron chi connectivity index (χ3n) is 12.2. The van der Waals surface area contributed by atoms with Crippen molar-refractivity contribution in [2.75, 3.05) is 6.61 Å². The molecular weight excluding hydrogens is 504 g/mol. The number of carbonyl (C=O) groups excluding carboxylic acids is 1. The Balaban J connectivity index is 1.30. The molecule has 4 rings (SSSR count). The number of ether oxygens (including phenoxy) is 2. The smallest absolute Gasteiger partial charge is 0.431 e. The zero-order valence-corrected chi connectivity index (χ0v) is 27.9. The SMILES string of the molecule is CC(C)=CCC/C(C)=C/COC(=O)OC1CC[C@]2(C)C(=CCC3C2CC[C@]2(C)C3CC[C@H]2[C@@H](C)CCCC(C)C)C1. The van der Waals surface area contributed by atoms with Gasteiger partial charge >= 0.3 is 6.16 Å². The van der Waals surface area contributed by atoms with Crippen molar-refractivity contribution >= 4 is 6.16 Å². The third-order valence-corrected chi connectivity index (χ3v) is 12.2. The van der Waals surface area contributed by atoms with Crippen LogP contribution in [0, 0.1) is 46.3 Å². The van der Waals surface area contributed by atoms with Gasteiger partial charge in [0.15, 0.2) is 0 Å². The molecule has 0 bridgehead atoms. The van der Waals surface area contributed by atoms with E-state index in [4.69, 9.17) is 9.47 Å². The molecule has 8 atom stereocenters. The Bertz CT molecular complexity index is 983. The highest BCUT2D eigenvalue weighted by Crippen LogP contribution is 2.67. The van der Waals surface area contributed by atoms with Crippen LogP contribution < -0.4 is 0 Å². The summed E-state index contributed by atoms with van der Waals surface area (Å²) in [6.07, 6.45) is 22.4. The molecule has 0 saturated heterocycles. The highest BCUT2D eigenvalue weighted by atomic mass is 16.7. The van der Waals surface area contributed by atoms with Crippen molar-refractivity contribution < 1.29 is 14.3 Å². The van der Waals surface area contributed by atoms with Crippen molar-refractivity contribution in [3.05, 3.63) is 34.9 Å². The summed E-state index contributed by atoms with van der Waals surface area (Å²) in [5, 5.41) is 0. The minimum Gasteiger partial charge on any atom is -0.431 e. The second kappa shape index (κ2) is 13.9. The van der Waals surface area contributed by atoms with Gasteiger partial charge in [0.2, 0.25) is 0 Å². The molecule has 3 heteroatoms. The van der Waals surface area contributed by atoms with Gasteiger partial charge in [-0.2, -0.15) is 0 Å². The van der Waals surface area contributed by atoms with Gasteiger partial charge in [-0.25, -0.2) is 4.79 Å². The van der Waals surface area contributed by atoms with Crippen LogP contribution in [0.3, 0.4) is 0 Å². The van der Waals surface area contributed by atoms with Crippen molar-refractivity contribution in [3.63, 3.8) is 0 Å². The summed E-state index contributed by atoms with van der Waals surface area (Å²) in [7, 11) is 0.